The number of nitrogens with zero attached hydrogens (tertiary/aromatic N) is 3. The number of carbonyl (C=O) groups excluding carboxylic acids is 2. The van der Waals surface area contributed by atoms with E-state index >= 15 is 0 Å². The lowest BCUT2D eigenvalue weighted by Crippen LogP contribution is -2.55. The molecule has 2 atom stereocenters. The van der Waals surface area contributed by atoms with Gasteiger partial charge < -0.3 is 10.2 Å². The van der Waals surface area contributed by atoms with Crippen molar-refractivity contribution < 1.29 is 18.0 Å². The molecule has 2 amide bonds. The maximum absolute atomic E-state index is 14.2. The Kier molecular flexibility index (Phi) is 10.9. The third-order valence-electron chi connectivity index (χ3n) is 6.94. The number of carbonyl (C=O) groups is 2. The molecule has 3 aromatic carbocycles. The van der Waals surface area contributed by atoms with Crippen molar-refractivity contribution in [2.45, 2.75) is 52.2 Å². The first-order chi connectivity index (χ1) is 19.0. The summed E-state index contributed by atoms with van der Waals surface area (Å²) in [6.07, 6.45) is 1.02. The highest BCUT2D eigenvalue weighted by Crippen LogP contribution is 2.22. The number of para-hydroxylation sites is 1. The van der Waals surface area contributed by atoms with Crippen LogP contribution in [0.15, 0.2) is 84.9 Å². The van der Waals surface area contributed by atoms with Crippen molar-refractivity contribution in [2.75, 3.05) is 24.9 Å². The van der Waals surface area contributed by atoms with Gasteiger partial charge in [-0.3, -0.25) is 9.59 Å². The summed E-state index contributed by atoms with van der Waals surface area (Å²) in [5.74, 6) is -0.750. The van der Waals surface area contributed by atoms with Crippen molar-refractivity contribution in [3.05, 3.63) is 102 Å². The van der Waals surface area contributed by atoms with Crippen molar-refractivity contribution in [1.29, 1.82) is 0 Å². The first kappa shape index (κ1) is 30.8. The monoisotopic (exact) mass is 564 g/mol. The van der Waals surface area contributed by atoms with Crippen molar-refractivity contribution in [1.82, 2.24) is 14.5 Å². The summed E-state index contributed by atoms with van der Waals surface area (Å²) in [4.78, 5) is 29.5. The lowest BCUT2D eigenvalue weighted by atomic mass is 10.0. The Morgan fingerprint density at radius 1 is 0.875 bits per heavy atom. The van der Waals surface area contributed by atoms with Crippen LogP contribution in [0.25, 0.3) is 0 Å². The van der Waals surface area contributed by atoms with Gasteiger partial charge in [0.15, 0.2) is 0 Å². The Labute approximate surface area is 238 Å². The minimum atomic E-state index is -4.01. The third-order valence-corrected chi connectivity index (χ3v) is 8.76. The largest absolute Gasteiger partial charge is 0.352 e. The molecule has 2 unspecified atom stereocenters. The van der Waals surface area contributed by atoms with E-state index in [-0.39, 0.29) is 24.9 Å². The van der Waals surface area contributed by atoms with E-state index in [1.165, 1.54) is 19.0 Å². The molecule has 0 heterocycles. The Balaban J connectivity index is 2.09. The topological polar surface area (TPSA) is 90.0 Å². The van der Waals surface area contributed by atoms with Crippen LogP contribution < -0.4 is 9.62 Å². The van der Waals surface area contributed by atoms with E-state index in [1.807, 2.05) is 75.4 Å². The van der Waals surface area contributed by atoms with E-state index in [2.05, 4.69) is 5.32 Å². The molecule has 0 aromatic heterocycles. The number of anilines is 1. The quantitative estimate of drug-likeness (QED) is 0.338. The zero-order valence-corrected chi connectivity index (χ0v) is 24.8. The van der Waals surface area contributed by atoms with E-state index in [1.54, 1.807) is 30.3 Å². The van der Waals surface area contributed by atoms with Crippen LogP contribution in [0.5, 0.6) is 0 Å². The van der Waals surface area contributed by atoms with Crippen molar-refractivity contribution in [3.63, 3.8) is 0 Å². The number of hydrogen-bond acceptors (Lipinski definition) is 4. The van der Waals surface area contributed by atoms with Crippen molar-refractivity contribution in [3.8, 4) is 0 Å². The van der Waals surface area contributed by atoms with Crippen LogP contribution in [-0.4, -0.2) is 62.2 Å². The number of amides is 2. The molecular weight excluding hydrogens is 524 g/mol. The number of rotatable bonds is 13. The van der Waals surface area contributed by atoms with Crippen LogP contribution >= 0.6 is 0 Å². The molecule has 0 aliphatic rings. The second-order valence-corrected chi connectivity index (χ2v) is 12.2. The van der Waals surface area contributed by atoms with Gasteiger partial charge >= 0.3 is 10.2 Å². The van der Waals surface area contributed by atoms with Crippen molar-refractivity contribution in [2.24, 2.45) is 0 Å². The molecule has 0 aliphatic heterocycles. The number of aryl methyl sites for hydroxylation is 1. The molecule has 0 spiro atoms. The number of hydrogen-bond donors (Lipinski definition) is 1. The normalized spacial score (nSPS) is 12.9. The number of benzene rings is 3. The van der Waals surface area contributed by atoms with Crippen LogP contribution in [0.4, 0.5) is 5.69 Å². The molecule has 0 bridgehead atoms. The molecule has 214 valence electrons. The second-order valence-electron chi connectivity index (χ2n) is 10.1. The summed E-state index contributed by atoms with van der Waals surface area (Å²) in [6, 6.07) is 24.8. The zero-order valence-electron chi connectivity index (χ0n) is 23.9. The summed E-state index contributed by atoms with van der Waals surface area (Å²) < 4.78 is 28.9. The Morgan fingerprint density at radius 3 is 2.02 bits per heavy atom. The maximum atomic E-state index is 14.2. The fraction of sp³-hybridized carbons (Fsp3) is 0.355. The Hall–Kier alpha value is -3.69. The minimum Gasteiger partial charge on any atom is -0.352 e. The number of nitrogens with one attached hydrogen (secondary N) is 1. The first-order valence-electron chi connectivity index (χ1n) is 13.5. The van der Waals surface area contributed by atoms with Crippen molar-refractivity contribution >= 4 is 27.7 Å². The molecule has 0 saturated carbocycles. The van der Waals surface area contributed by atoms with E-state index < -0.39 is 28.7 Å². The Bertz CT molecular complexity index is 1360. The molecule has 8 nitrogen and oxygen atoms in total. The van der Waals surface area contributed by atoms with Crippen LogP contribution in [0.3, 0.4) is 0 Å². The molecule has 3 rings (SSSR count). The van der Waals surface area contributed by atoms with Gasteiger partial charge in [-0.1, -0.05) is 79.7 Å². The van der Waals surface area contributed by atoms with Gasteiger partial charge in [0.25, 0.3) is 0 Å². The van der Waals surface area contributed by atoms with Gasteiger partial charge in [-0.05, 0) is 49.1 Å². The highest BCUT2D eigenvalue weighted by atomic mass is 32.2. The predicted molar refractivity (Wildman–Crippen MR) is 160 cm³/mol. The molecule has 0 fully saturated rings. The van der Waals surface area contributed by atoms with Crippen LogP contribution in [0.1, 0.15) is 37.0 Å². The highest BCUT2D eigenvalue weighted by molar-refractivity contribution is 7.90. The first-order valence-corrected chi connectivity index (χ1v) is 14.9. The maximum Gasteiger partial charge on any atom is 0.304 e. The smallest absolute Gasteiger partial charge is 0.304 e. The van der Waals surface area contributed by atoms with E-state index in [0.29, 0.717) is 5.69 Å². The average Bonchev–Trinajstić information content (AvgIpc) is 2.95. The van der Waals surface area contributed by atoms with Crippen LogP contribution in [-0.2, 0) is 32.8 Å². The third kappa shape index (κ3) is 7.92. The van der Waals surface area contributed by atoms with Gasteiger partial charge in [-0.2, -0.15) is 12.7 Å². The highest BCUT2D eigenvalue weighted by Gasteiger charge is 2.35. The minimum absolute atomic E-state index is 0.0869. The summed E-state index contributed by atoms with van der Waals surface area (Å²) in [7, 11) is -1.15. The molecule has 0 radical (unpaired) electrons. The van der Waals surface area contributed by atoms with Gasteiger partial charge in [0.05, 0.1) is 5.69 Å². The van der Waals surface area contributed by atoms with Gasteiger partial charge in [0.1, 0.15) is 12.6 Å². The predicted octanol–water partition coefficient (Wildman–Crippen LogP) is 4.16. The van der Waals surface area contributed by atoms with Gasteiger partial charge in [-0.25, -0.2) is 4.31 Å². The molecule has 0 saturated heterocycles. The fourth-order valence-corrected chi connectivity index (χ4v) is 5.33. The van der Waals surface area contributed by atoms with Gasteiger partial charge in [0.2, 0.25) is 11.8 Å². The van der Waals surface area contributed by atoms with E-state index in [0.717, 1.165) is 31.7 Å². The molecule has 3 aromatic rings. The van der Waals surface area contributed by atoms with Crippen LogP contribution in [0, 0.1) is 6.92 Å². The SMILES string of the molecule is CCC(C)NC(=O)C(Cc1ccccc1)N(Cc1ccccc1C)C(=O)CN(c1ccccc1)S(=O)(=O)N(C)C. The molecule has 1 N–H and O–H groups in total. The van der Waals surface area contributed by atoms with E-state index in [4.69, 9.17) is 0 Å². The summed E-state index contributed by atoms with van der Waals surface area (Å²) >= 11 is 0. The van der Waals surface area contributed by atoms with Gasteiger partial charge in [-0.15, -0.1) is 0 Å². The Morgan fingerprint density at radius 2 is 1.45 bits per heavy atom. The molecule has 40 heavy (non-hydrogen) atoms. The van der Waals surface area contributed by atoms with E-state index in [9.17, 15) is 18.0 Å². The fourth-order valence-electron chi connectivity index (χ4n) is 4.28. The second kappa shape index (κ2) is 14.1. The summed E-state index contributed by atoms with van der Waals surface area (Å²) in [6.45, 7) is 5.55. The molecule has 9 heteroatoms. The summed E-state index contributed by atoms with van der Waals surface area (Å²) in [5.41, 5.74) is 3.12. The standard InChI is InChI=1S/C31H40N4O4S/c1-6-25(3)32-31(37)29(21-26-16-9-7-10-17-26)34(22-27-18-14-13-15-24(27)2)30(36)23-35(40(38,39)33(4)5)28-19-11-8-12-20-28/h7-20,25,29H,6,21-23H2,1-5H3,(H,32,37). The lowest BCUT2D eigenvalue weighted by molar-refractivity contribution is -0.140. The summed E-state index contributed by atoms with van der Waals surface area (Å²) in [5, 5.41) is 3.05. The van der Waals surface area contributed by atoms with Crippen LogP contribution in [0.2, 0.25) is 0 Å². The lowest BCUT2D eigenvalue weighted by Gasteiger charge is -2.35. The average molecular weight is 565 g/mol. The molecule has 0 aliphatic carbocycles. The zero-order chi connectivity index (χ0) is 29.3. The molecular formula is C31H40N4O4S. The van der Waals surface area contributed by atoms with Gasteiger partial charge in [0, 0.05) is 33.1 Å².